The van der Waals surface area contributed by atoms with Crippen molar-refractivity contribution < 1.29 is 13.9 Å². The lowest BCUT2D eigenvalue weighted by molar-refractivity contribution is 0.102. The van der Waals surface area contributed by atoms with Crippen LogP contribution in [0.3, 0.4) is 0 Å². The minimum Gasteiger partial charge on any atom is -0.495 e. The third-order valence-corrected chi connectivity index (χ3v) is 3.07. The fraction of sp³-hybridized carbons (Fsp3) is 0.0714. The summed E-state index contributed by atoms with van der Waals surface area (Å²) in [5, 5.41) is 2.64. The molecular formula is C14H12BrFN2O2. The van der Waals surface area contributed by atoms with Gasteiger partial charge in [-0.05, 0) is 36.4 Å². The second kappa shape index (κ2) is 5.92. The van der Waals surface area contributed by atoms with Crippen molar-refractivity contribution in [2.24, 2.45) is 0 Å². The van der Waals surface area contributed by atoms with Crippen LogP contribution in [-0.4, -0.2) is 13.0 Å². The molecular weight excluding hydrogens is 327 g/mol. The van der Waals surface area contributed by atoms with E-state index in [2.05, 4.69) is 21.2 Å². The Labute approximate surface area is 123 Å². The monoisotopic (exact) mass is 338 g/mol. The van der Waals surface area contributed by atoms with Crippen molar-refractivity contribution in [3.05, 3.63) is 52.3 Å². The van der Waals surface area contributed by atoms with Crippen molar-refractivity contribution in [3.8, 4) is 5.75 Å². The molecule has 4 nitrogen and oxygen atoms in total. The molecule has 2 aromatic carbocycles. The van der Waals surface area contributed by atoms with E-state index in [1.54, 1.807) is 18.2 Å². The molecule has 0 saturated heterocycles. The van der Waals surface area contributed by atoms with Gasteiger partial charge < -0.3 is 15.8 Å². The first-order valence-corrected chi connectivity index (χ1v) is 6.50. The largest absolute Gasteiger partial charge is 0.495 e. The molecule has 0 aliphatic heterocycles. The van der Waals surface area contributed by atoms with Gasteiger partial charge in [0.2, 0.25) is 0 Å². The number of benzene rings is 2. The van der Waals surface area contributed by atoms with Crippen LogP contribution in [0.2, 0.25) is 0 Å². The standard InChI is InChI=1S/C14H12BrFN2O2/c1-20-13-3-2-11(7-12(13)17)18-14(19)8-4-9(15)6-10(16)5-8/h2-7H,17H2,1H3,(H,18,19). The molecule has 20 heavy (non-hydrogen) atoms. The molecule has 0 bridgehead atoms. The number of anilines is 2. The molecule has 0 heterocycles. The van der Waals surface area contributed by atoms with Crippen LogP contribution < -0.4 is 15.8 Å². The Morgan fingerprint density at radius 3 is 2.65 bits per heavy atom. The van der Waals surface area contributed by atoms with Crippen LogP contribution in [0.15, 0.2) is 40.9 Å². The van der Waals surface area contributed by atoms with Gasteiger partial charge in [0.15, 0.2) is 0 Å². The van der Waals surface area contributed by atoms with Crippen LogP contribution in [0.5, 0.6) is 5.75 Å². The van der Waals surface area contributed by atoms with Gasteiger partial charge in [0.05, 0.1) is 12.8 Å². The average Bonchev–Trinajstić information content (AvgIpc) is 2.37. The van der Waals surface area contributed by atoms with Gasteiger partial charge in [-0.15, -0.1) is 0 Å². The number of rotatable bonds is 3. The minimum atomic E-state index is -0.487. The van der Waals surface area contributed by atoms with Gasteiger partial charge in [0.1, 0.15) is 11.6 Å². The number of carbonyl (C=O) groups is 1. The van der Waals surface area contributed by atoms with Crippen LogP contribution >= 0.6 is 15.9 Å². The predicted molar refractivity (Wildman–Crippen MR) is 79.5 cm³/mol. The first-order valence-electron chi connectivity index (χ1n) is 5.70. The van der Waals surface area contributed by atoms with Crippen LogP contribution in [-0.2, 0) is 0 Å². The minimum absolute atomic E-state index is 0.214. The van der Waals surface area contributed by atoms with Crippen molar-refractivity contribution in [1.29, 1.82) is 0 Å². The Morgan fingerprint density at radius 1 is 1.30 bits per heavy atom. The third-order valence-electron chi connectivity index (χ3n) is 2.61. The highest BCUT2D eigenvalue weighted by molar-refractivity contribution is 9.10. The van der Waals surface area contributed by atoms with Crippen molar-refractivity contribution in [1.82, 2.24) is 0 Å². The van der Waals surface area contributed by atoms with E-state index < -0.39 is 11.7 Å². The summed E-state index contributed by atoms with van der Waals surface area (Å²) in [6.07, 6.45) is 0. The van der Waals surface area contributed by atoms with E-state index in [1.807, 2.05) is 0 Å². The fourth-order valence-corrected chi connectivity index (χ4v) is 2.17. The smallest absolute Gasteiger partial charge is 0.255 e. The molecule has 0 unspecified atom stereocenters. The average molecular weight is 339 g/mol. The van der Waals surface area contributed by atoms with Crippen LogP contribution in [0.4, 0.5) is 15.8 Å². The van der Waals surface area contributed by atoms with Crippen molar-refractivity contribution in [3.63, 3.8) is 0 Å². The first-order chi connectivity index (χ1) is 9.49. The number of nitrogen functional groups attached to an aromatic ring is 1. The van der Waals surface area contributed by atoms with Gasteiger partial charge >= 0.3 is 0 Å². The van der Waals surface area contributed by atoms with E-state index in [1.165, 1.54) is 19.2 Å². The predicted octanol–water partition coefficient (Wildman–Crippen LogP) is 3.43. The summed E-state index contributed by atoms with van der Waals surface area (Å²) in [4.78, 5) is 12.0. The molecule has 0 saturated carbocycles. The summed E-state index contributed by atoms with van der Waals surface area (Å²) in [5.41, 5.74) is 6.88. The second-order valence-electron chi connectivity index (χ2n) is 4.07. The van der Waals surface area contributed by atoms with Gasteiger partial charge in [-0.25, -0.2) is 4.39 Å². The Kier molecular flexibility index (Phi) is 4.24. The maximum Gasteiger partial charge on any atom is 0.255 e. The highest BCUT2D eigenvalue weighted by Crippen LogP contribution is 2.25. The van der Waals surface area contributed by atoms with Crippen LogP contribution in [0, 0.1) is 5.82 Å². The number of amides is 1. The molecule has 2 rings (SSSR count). The van der Waals surface area contributed by atoms with Crippen molar-refractivity contribution >= 4 is 33.2 Å². The molecule has 1 amide bonds. The molecule has 0 aromatic heterocycles. The van der Waals surface area contributed by atoms with Crippen LogP contribution in [0.25, 0.3) is 0 Å². The summed E-state index contributed by atoms with van der Waals surface area (Å²) in [6.45, 7) is 0. The molecule has 2 aromatic rings. The number of hydrogen-bond donors (Lipinski definition) is 2. The van der Waals surface area contributed by atoms with Crippen molar-refractivity contribution in [2.45, 2.75) is 0 Å². The molecule has 0 spiro atoms. The topological polar surface area (TPSA) is 64.3 Å². The number of halogens is 2. The number of hydrogen-bond acceptors (Lipinski definition) is 3. The highest BCUT2D eigenvalue weighted by atomic mass is 79.9. The van der Waals surface area contributed by atoms with Gasteiger partial charge in [0.25, 0.3) is 5.91 Å². The highest BCUT2D eigenvalue weighted by Gasteiger charge is 2.10. The van der Waals surface area contributed by atoms with E-state index in [0.29, 0.717) is 21.6 Å². The van der Waals surface area contributed by atoms with Gasteiger partial charge in [0, 0.05) is 15.7 Å². The number of methoxy groups -OCH3 is 1. The van der Waals surface area contributed by atoms with E-state index in [-0.39, 0.29) is 5.56 Å². The Morgan fingerprint density at radius 2 is 2.05 bits per heavy atom. The van der Waals surface area contributed by atoms with E-state index in [0.717, 1.165) is 6.07 Å². The maximum absolute atomic E-state index is 13.2. The molecule has 0 fully saturated rings. The molecule has 0 aliphatic rings. The quantitative estimate of drug-likeness (QED) is 0.842. The van der Waals surface area contributed by atoms with Gasteiger partial charge in [-0.3, -0.25) is 4.79 Å². The molecule has 6 heteroatoms. The number of ether oxygens (including phenoxy) is 1. The Balaban J connectivity index is 2.21. The Hall–Kier alpha value is -2.08. The third kappa shape index (κ3) is 3.27. The normalized spacial score (nSPS) is 10.2. The van der Waals surface area contributed by atoms with E-state index in [4.69, 9.17) is 10.5 Å². The van der Waals surface area contributed by atoms with Crippen LogP contribution in [0.1, 0.15) is 10.4 Å². The number of carbonyl (C=O) groups excluding carboxylic acids is 1. The lowest BCUT2D eigenvalue weighted by Crippen LogP contribution is -2.12. The summed E-state index contributed by atoms with van der Waals surface area (Å²) in [6, 6.07) is 8.85. The van der Waals surface area contributed by atoms with Gasteiger partial charge in [-0.2, -0.15) is 0 Å². The summed E-state index contributed by atoms with van der Waals surface area (Å²) in [7, 11) is 1.51. The first kappa shape index (κ1) is 14.3. The number of nitrogens with one attached hydrogen (secondary N) is 1. The zero-order valence-electron chi connectivity index (χ0n) is 10.6. The summed E-state index contributed by atoms with van der Waals surface area (Å²) >= 11 is 3.14. The SMILES string of the molecule is COc1ccc(NC(=O)c2cc(F)cc(Br)c2)cc1N. The molecule has 0 atom stereocenters. The van der Waals surface area contributed by atoms with E-state index >= 15 is 0 Å². The van der Waals surface area contributed by atoms with E-state index in [9.17, 15) is 9.18 Å². The van der Waals surface area contributed by atoms with Crippen molar-refractivity contribution in [2.75, 3.05) is 18.2 Å². The zero-order chi connectivity index (χ0) is 14.7. The molecule has 0 radical (unpaired) electrons. The fourth-order valence-electron chi connectivity index (χ4n) is 1.70. The zero-order valence-corrected chi connectivity index (χ0v) is 12.2. The molecule has 3 N–H and O–H groups in total. The van der Waals surface area contributed by atoms with Gasteiger partial charge in [-0.1, -0.05) is 15.9 Å². The maximum atomic E-state index is 13.2. The second-order valence-corrected chi connectivity index (χ2v) is 4.98. The lowest BCUT2D eigenvalue weighted by atomic mass is 10.2. The number of nitrogens with two attached hydrogens (primary N) is 1. The molecule has 0 aliphatic carbocycles. The summed E-state index contributed by atoms with van der Waals surface area (Å²) in [5.74, 6) is -0.384. The lowest BCUT2D eigenvalue weighted by Gasteiger charge is -2.09. The Bertz CT molecular complexity index is 641. The summed E-state index contributed by atoms with van der Waals surface area (Å²) < 4.78 is 18.8. The molecule has 104 valence electrons.